The van der Waals surface area contributed by atoms with Crippen LogP contribution in [0.1, 0.15) is 19.4 Å². The minimum Gasteiger partial charge on any atom is -0.489 e. The highest BCUT2D eigenvalue weighted by molar-refractivity contribution is 7.93. The number of ether oxygens (including phenoxy) is 1. The fourth-order valence-electron chi connectivity index (χ4n) is 1.64. The first-order valence-electron chi connectivity index (χ1n) is 6.76. The Morgan fingerprint density at radius 3 is 2.19 bits per heavy atom. The molecule has 112 valence electrons. The molecule has 2 rings (SSSR count). The maximum atomic E-state index is 11.8. The maximum Gasteiger partial charge on any atom is 0.235 e. The molecule has 0 atom stereocenters. The first-order valence-corrected chi connectivity index (χ1v) is 8.30. The summed E-state index contributed by atoms with van der Waals surface area (Å²) in [5, 5.41) is -0.466. The summed E-state index contributed by atoms with van der Waals surface area (Å²) in [6.07, 6.45) is 0. The van der Waals surface area contributed by atoms with Crippen molar-refractivity contribution < 1.29 is 13.2 Å². The Morgan fingerprint density at radius 1 is 1.00 bits per heavy atom. The second-order valence-electron chi connectivity index (χ2n) is 4.99. The Bertz CT molecular complexity index is 664. The minimum absolute atomic E-state index is 0.466. The van der Waals surface area contributed by atoms with Gasteiger partial charge in [-0.15, -0.1) is 0 Å². The van der Waals surface area contributed by atoms with E-state index in [1.165, 1.54) is 0 Å². The minimum atomic E-state index is -3.31. The van der Waals surface area contributed by atoms with Crippen LogP contribution >= 0.6 is 0 Å². The molecule has 0 heterocycles. The molecule has 0 radical (unpaired) electrons. The first kappa shape index (κ1) is 15.4. The van der Waals surface area contributed by atoms with Gasteiger partial charge in [-0.25, -0.2) is 8.42 Å². The molecule has 21 heavy (non-hydrogen) atoms. The number of anilines is 1. The summed E-state index contributed by atoms with van der Waals surface area (Å²) in [6, 6.07) is 16.8. The summed E-state index contributed by atoms with van der Waals surface area (Å²) in [6.45, 7) is 3.76. The Kier molecular flexibility index (Phi) is 4.85. The van der Waals surface area contributed by atoms with Crippen LogP contribution in [-0.4, -0.2) is 13.7 Å². The molecule has 1 N–H and O–H groups in total. The fourth-order valence-corrected chi connectivity index (χ4v) is 2.34. The van der Waals surface area contributed by atoms with Crippen molar-refractivity contribution in [3.05, 3.63) is 60.2 Å². The van der Waals surface area contributed by atoms with E-state index in [1.54, 1.807) is 38.1 Å². The summed E-state index contributed by atoms with van der Waals surface area (Å²) in [5.74, 6) is 0.700. The second-order valence-corrected chi connectivity index (χ2v) is 7.23. The lowest BCUT2D eigenvalue weighted by Crippen LogP contribution is -2.22. The summed E-state index contributed by atoms with van der Waals surface area (Å²) < 4.78 is 31.7. The number of hydrogen-bond donors (Lipinski definition) is 1. The summed E-state index contributed by atoms with van der Waals surface area (Å²) in [7, 11) is -3.31. The molecule has 0 unspecified atom stereocenters. The molecule has 4 nitrogen and oxygen atoms in total. The number of hydrogen-bond acceptors (Lipinski definition) is 3. The Labute approximate surface area is 125 Å². The van der Waals surface area contributed by atoms with Gasteiger partial charge in [0, 0.05) is 5.69 Å². The average molecular weight is 305 g/mol. The van der Waals surface area contributed by atoms with E-state index in [-0.39, 0.29) is 0 Å². The average Bonchev–Trinajstić information content (AvgIpc) is 2.47. The topological polar surface area (TPSA) is 55.4 Å². The van der Waals surface area contributed by atoms with Crippen molar-refractivity contribution >= 4 is 15.7 Å². The summed E-state index contributed by atoms with van der Waals surface area (Å²) >= 11 is 0. The van der Waals surface area contributed by atoms with Crippen molar-refractivity contribution in [1.29, 1.82) is 0 Å². The molecule has 0 fully saturated rings. The van der Waals surface area contributed by atoms with E-state index in [2.05, 4.69) is 4.72 Å². The third-order valence-corrected chi connectivity index (χ3v) is 4.74. The Hall–Kier alpha value is -2.01. The molecule has 2 aromatic carbocycles. The van der Waals surface area contributed by atoms with Gasteiger partial charge in [0.05, 0.1) is 5.25 Å². The van der Waals surface area contributed by atoms with Gasteiger partial charge in [-0.1, -0.05) is 30.3 Å². The molecule has 0 aromatic heterocycles. The lowest BCUT2D eigenvalue weighted by Gasteiger charge is -2.11. The van der Waals surface area contributed by atoms with Crippen LogP contribution in [0.3, 0.4) is 0 Å². The van der Waals surface area contributed by atoms with Crippen LogP contribution in [0, 0.1) is 0 Å². The van der Waals surface area contributed by atoms with Gasteiger partial charge in [-0.2, -0.15) is 0 Å². The Balaban J connectivity index is 1.96. The van der Waals surface area contributed by atoms with Gasteiger partial charge in [0.15, 0.2) is 0 Å². The van der Waals surface area contributed by atoms with Crippen LogP contribution in [0.4, 0.5) is 5.69 Å². The fraction of sp³-hybridized carbons (Fsp3) is 0.250. The molecule has 0 saturated heterocycles. The lowest BCUT2D eigenvalue weighted by molar-refractivity contribution is 0.306. The van der Waals surface area contributed by atoms with Gasteiger partial charge in [-0.05, 0) is 43.7 Å². The highest BCUT2D eigenvalue weighted by atomic mass is 32.2. The van der Waals surface area contributed by atoms with E-state index in [4.69, 9.17) is 4.74 Å². The number of nitrogens with one attached hydrogen (secondary N) is 1. The first-order chi connectivity index (χ1) is 9.97. The molecular formula is C16H19NO3S. The SMILES string of the molecule is CC(C)S(=O)(=O)Nc1ccc(OCc2ccccc2)cc1. The maximum absolute atomic E-state index is 11.8. The smallest absolute Gasteiger partial charge is 0.235 e. The molecular weight excluding hydrogens is 286 g/mol. The quantitative estimate of drug-likeness (QED) is 0.889. The summed E-state index contributed by atoms with van der Waals surface area (Å²) in [4.78, 5) is 0. The van der Waals surface area contributed by atoms with Crippen LogP contribution in [0.5, 0.6) is 5.75 Å². The zero-order valence-electron chi connectivity index (χ0n) is 12.1. The summed E-state index contributed by atoms with van der Waals surface area (Å²) in [5.41, 5.74) is 1.62. The van der Waals surface area contributed by atoms with Crippen molar-refractivity contribution in [2.75, 3.05) is 4.72 Å². The molecule has 5 heteroatoms. The van der Waals surface area contributed by atoms with Crippen molar-refractivity contribution in [2.24, 2.45) is 0 Å². The third-order valence-electron chi connectivity index (χ3n) is 2.98. The van der Waals surface area contributed by atoms with Crippen molar-refractivity contribution in [3.63, 3.8) is 0 Å². The number of sulfonamides is 1. The molecule has 0 aliphatic rings. The van der Waals surface area contributed by atoms with E-state index in [1.807, 2.05) is 30.3 Å². The predicted octanol–water partition coefficient (Wildman–Crippen LogP) is 3.42. The molecule has 2 aromatic rings. The van der Waals surface area contributed by atoms with E-state index in [0.29, 0.717) is 18.0 Å². The van der Waals surface area contributed by atoms with Crippen LogP contribution in [0.15, 0.2) is 54.6 Å². The van der Waals surface area contributed by atoms with Crippen molar-refractivity contribution in [1.82, 2.24) is 0 Å². The van der Waals surface area contributed by atoms with Gasteiger partial charge in [0.25, 0.3) is 0 Å². The third kappa shape index (κ3) is 4.49. The zero-order chi connectivity index (χ0) is 15.3. The molecule has 0 aliphatic heterocycles. The van der Waals surface area contributed by atoms with Gasteiger partial charge in [-0.3, -0.25) is 4.72 Å². The Morgan fingerprint density at radius 2 is 1.62 bits per heavy atom. The lowest BCUT2D eigenvalue weighted by atomic mass is 10.2. The standard InChI is InChI=1S/C16H19NO3S/c1-13(2)21(18,19)17-15-8-10-16(11-9-15)20-12-14-6-4-3-5-7-14/h3-11,13,17H,12H2,1-2H3. The van der Waals surface area contributed by atoms with Gasteiger partial charge in [0.1, 0.15) is 12.4 Å². The monoisotopic (exact) mass is 305 g/mol. The van der Waals surface area contributed by atoms with E-state index >= 15 is 0 Å². The number of rotatable bonds is 6. The van der Waals surface area contributed by atoms with E-state index in [0.717, 1.165) is 5.56 Å². The predicted molar refractivity (Wildman–Crippen MR) is 84.9 cm³/mol. The molecule has 0 aliphatic carbocycles. The van der Waals surface area contributed by atoms with Crippen LogP contribution in [-0.2, 0) is 16.6 Å². The van der Waals surface area contributed by atoms with Gasteiger partial charge in [0.2, 0.25) is 10.0 Å². The number of benzene rings is 2. The van der Waals surface area contributed by atoms with Crippen LogP contribution in [0.2, 0.25) is 0 Å². The highest BCUT2D eigenvalue weighted by Gasteiger charge is 2.15. The molecule has 0 saturated carbocycles. The molecule has 0 spiro atoms. The van der Waals surface area contributed by atoms with E-state index in [9.17, 15) is 8.42 Å². The normalized spacial score (nSPS) is 11.4. The molecule has 0 bridgehead atoms. The van der Waals surface area contributed by atoms with Crippen molar-refractivity contribution in [2.45, 2.75) is 25.7 Å². The van der Waals surface area contributed by atoms with Gasteiger partial charge < -0.3 is 4.74 Å². The molecule has 0 amide bonds. The van der Waals surface area contributed by atoms with E-state index < -0.39 is 15.3 Å². The second kappa shape index (κ2) is 6.63. The van der Waals surface area contributed by atoms with Crippen LogP contribution < -0.4 is 9.46 Å². The van der Waals surface area contributed by atoms with Gasteiger partial charge >= 0.3 is 0 Å². The zero-order valence-corrected chi connectivity index (χ0v) is 12.9. The largest absolute Gasteiger partial charge is 0.489 e. The van der Waals surface area contributed by atoms with Crippen molar-refractivity contribution in [3.8, 4) is 5.75 Å². The highest BCUT2D eigenvalue weighted by Crippen LogP contribution is 2.18. The van der Waals surface area contributed by atoms with Crippen LogP contribution in [0.25, 0.3) is 0 Å².